The quantitative estimate of drug-likeness (QED) is 0.670. The molecule has 0 radical (unpaired) electrons. The van der Waals surface area contributed by atoms with E-state index in [1.165, 1.54) is 0 Å². The van der Waals surface area contributed by atoms with Gasteiger partial charge in [0.25, 0.3) is 5.91 Å². The maximum Gasteiger partial charge on any atom is 0.259 e. The first-order valence-corrected chi connectivity index (χ1v) is 8.49. The molecule has 3 rings (SSSR count). The largest absolute Gasteiger partial charge is 0.310 e. The Morgan fingerprint density at radius 2 is 2.09 bits per heavy atom. The van der Waals surface area contributed by atoms with Crippen molar-refractivity contribution in [3.8, 4) is 0 Å². The minimum absolute atomic E-state index is 0.274. The minimum atomic E-state index is -0.274. The van der Waals surface area contributed by atoms with Crippen LogP contribution in [0.2, 0.25) is 5.02 Å². The smallest absolute Gasteiger partial charge is 0.259 e. The molecule has 0 aliphatic heterocycles. The van der Waals surface area contributed by atoms with Gasteiger partial charge in [0, 0.05) is 11.0 Å². The summed E-state index contributed by atoms with van der Waals surface area (Å²) in [7, 11) is 0. The highest BCUT2D eigenvalue weighted by molar-refractivity contribution is 9.10. The Labute approximate surface area is 147 Å². The van der Waals surface area contributed by atoms with Gasteiger partial charge in [-0.05, 0) is 36.8 Å². The van der Waals surface area contributed by atoms with E-state index in [9.17, 15) is 4.79 Å². The number of carbonyl (C=O) groups excluding carboxylic acids is 1. The van der Waals surface area contributed by atoms with E-state index in [4.69, 9.17) is 11.6 Å². The molecule has 0 bridgehead atoms. The van der Waals surface area contributed by atoms with Crippen LogP contribution in [0, 0.1) is 0 Å². The van der Waals surface area contributed by atoms with Crippen LogP contribution in [0.5, 0.6) is 0 Å². The number of anilines is 1. The topological polar surface area (TPSA) is 46.9 Å². The monoisotopic (exact) mass is 391 g/mol. The molecule has 1 heterocycles. The first kappa shape index (κ1) is 16.0. The summed E-state index contributed by atoms with van der Waals surface area (Å²) in [6.45, 7) is 2.87. The number of imidazole rings is 1. The van der Waals surface area contributed by atoms with Crippen molar-refractivity contribution in [3.05, 3.63) is 57.5 Å². The van der Waals surface area contributed by atoms with Gasteiger partial charge in [-0.25, -0.2) is 4.98 Å². The number of nitrogens with one attached hydrogen (secondary N) is 1. The van der Waals surface area contributed by atoms with Crippen LogP contribution in [0.1, 0.15) is 23.7 Å². The van der Waals surface area contributed by atoms with Crippen LogP contribution in [0.15, 0.2) is 46.9 Å². The first-order chi connectivity index (χ1) is 11.1. The number of hydrogen-bond donors (Lipinski definition) is 1. The van der Waals surface area contributed by atoms with Crippen molar-refractivity contribution >= 4 is 50.4 Å². The molecule has 2 aromatic carbocycles. The summed E-state index contributed by atoms with van der Waals surface area (Å²) in [5, 5.41) is 3.28. The number of fused-ring (bicyclic) bond motifs is 1. The van der Waals surface area contributed by atoms with Crippen molar-refractivity contribution in [1.82, 2.24) is 9.55 Å². The molecule has 1 N–H and O–H groups in total. The predicted molar refractivity (Wildman–Crippen MR) is 97.1 cm³/mol. The standard InChI is InChI=1S/C17H15BrClN3O/c1-2-9-22-15-6-4-3-5-14(15)20-17(22)21-16(23)12-10-11(18)7-8-13(12)19/h3-8,10H,2,9H2,1H3,(H,20,21,23). The number of rotatable bonds is 4. The third-order valence-electron chi connectivity index (χ3n) is 3.50. The zero-order valence-corrected chi connectivity index (χ0v) is 14.9. The molecule has 3 aromatic rings. The fourth-order valence-corrected chi connectivity index (χ4v) is 3.03. The Balaban J connectivity index is 1.99. The second-order valence-corrected chi connectivity index (χ2v) is 6.48. The lowest BCUT2D eigenvalue weighted by molar-refractivity contribution is 0.102. The Morgan fingerprint density at radius 1 is 1.30 bits per heavy atom. The first-order valence-electron chi connectivity index (χ1n) is 7.32. The van der Waals surface area contributed by atoms with Crippen LogP contribution in [0.4, 0.5) is 5.95 Å². The van der Waals surface area contributed by atoms with Gasteiger partial charge in [-0.3, -0.25) is 10.1 Å². The summed E-state index contributed by atoms with van der Waals surface area (Å²) in [6, 6.07) is 13.0. The highest BCUT2D eigenvalue weighted by Crippen LogP contribution is 2.24. The van der Waals surface area contributed by atoms with Gasteiger partial charge in [0.1, 0.15) is 0 Å². The third kappa shape index (κ3) is 3.26. The van der Waals surface area contributed by atoms with Gasteiger partial charge in [-0.1, -0.05) is 46.6 Å². The number of nitrogens with zero attached hydrogens (tertiary/aromatic N) is 2. The average molecular weight is 393 g/mol. The molecule has 0 saturated carbocycles. The molecule has 4 nitrogen and oxygen atoms in total. The Hall–Kier alpha value is -1.85. The number of halogens is 2. The molecule has 0 unspecified atom stereocenters. The van der Waals surface area contributed by atoms with E-state index in [2.05, 4.69) is 33.2 Å². The lowest BCUT2D eigenvalue weighted by Crippen LogP contribution is -2.16. The van der Waals surface area contributed by atoms with Gasteiger partial charge >= 0.3 is 0 Å². The van der Waals surface area contributed by atoms with Crippen LogP contribution < -0.4 is 5.32 Å². The highest BCUT2D eigenvalue weighted by atomic mass is 79.9. The lowest BCUT2D eigenvalue weighted by atomic mass is 10.2. The van der Waals surface area contributed by atoms with Gasteiger partial charge in [-0.2, -0.15) is 0 Å². The van der Waals surface area contributed by atoms with E-state index in [1.54, 1.807) is 18.2 Å². The fourth-order valence-electron chi connectivity index (χ4n) is 2.46. The second-order valence-electron chi connectivity index (χ2n) is 5.15. The molecule has 1 aromatic heterocycles. The van der Waals surface area contributed by atoms with Gasteiger partial charge in [0.05, 0.1) is 21.6 Å². The van der Waals surface area contributed by atoms with Gasteiger partial charge in [0.15, 0.2) is 0 Å². The fraction of sp³-hybridized carbons (Fsp3) is 0.176. The van der Waals surface area contributed by atoms with Crippen LogP contribution in [0.3, 0.4) is 0 Å². The summed E-state index contributed by atoms with van der Waals surface area (Å²) in [4.78, 5) is 17.1. The molecule has 6 heteroatoms. The van der Waals surface area contributed by atoms with E-state index in [0.29, 0.717) is 16.5 Å². The summed E-state index contributed by atoms with van der Waals surface area (Å²) < 4.78 is 2.81. The molecule has 0 saturated heterocycles. The van der Waals surface area contributed by atoms with Crippen molar-refractivity contribution in [3.63, 3.8) is 0 Å². The van der Waals surface area contributed by atoms with Gasteiger partial charge in [-0.15, -0.1) is 0 Å². The maximum absolute atomic E-state index is 12.6. The van der Waals surface area contributed by atoms with E-state index in [-0.39, 0.29) is 5.91 Å². The summed E-state index contributed by atoms with van der Waals surface area (Å²) in [5.41, 5.74) is 2.28. The van der Waals surface area contributed by atoms with Crippen molar-refractivity contribution < 1.29 is 4.79 Å². The number of carbonyl (C=O) groups is 1. The van der Waals surface area contributed by atoms with Crippen LogP contribution in [-0.4, -0.2) is 15.5 Å². The molecule has 0 aliphatic carbocycles. The molecule has 0 spiro atoms. The van der Waals surface area contributed by atoms with Crippen molar-refractivity contribution in [2.45, 2.75) is 19.9 Å². The number of amides is 1. The van der Waals surface area contributed by atoms with E-state index in [0.717, 1.165) is 28.5 Å². The number of aromatic nitrogens is 2. The predicted octanol–water partition coefficient (Wildman–Crippen LogP) is 5.11. The average Bonchev–Trinajstić information content (AvgIpc) is 2.88. The van der Waals surface area contributed by atoms with Crippen molar-refractivity contribution in [2.75, 3.05) is 5.32 Å². The van der Waals surface area contributed by atoms with Crippen LogP contribution >= 0.6 is 27.5 Å². The normalized spacial score (nSPS) is 10.9. The maximum atomic E-state index is 12.6. The molecule has 0 aliphatic rings. The molecule has 0 atom stereocenters. The Morgan fingerprint density at radius 3 is 2.87 bits per heavy atom. The number of benzene rings is 2. The van der Waals surface area contributed by atoms with Crippen molar-refractivity contribution in [1.29, 1.82) is 0 Å². The van der Waals surface area contributed by atoms with Crippen LogP contribution in [0.25, 0.3) is 11.0 Å². The van der Waals surface area contributed by atoms with E-state index in [1.807, 2.05) is 28.8 Å². The molecule has 0 fully saturated rings. The van der Waals surface area contributed by atoms with Gasteiger partial charge < -0.3 is 4.57 Å². The molecular weight excluding hydrogens is 378 g/mol. The number of para-hydroxylation sites is 2. The van der Waals surface area contributed by atoms with Crippen LogP contribution in [-0.2, 0) is 6.54 Å². The van der Waals surface area contributed by atoms with E-state index < -0.39 is 0 Å². The highest BCUT2D eigenvalue weighted by Gasteiger charge is 2.16. The molecule has 23 heavy (non-hydrogen) atoms. The van der Waals surface area contributed by atoms with E-state index >= 15 is 0 Å². The summed E-state index contributed by atoms with van der Waals surface area (Å²) >= 11 is 9.49. The summed E-state index contributed by atoms with van der Waals surface area (Å²) in [5.74, 6) is 0.262. The molecule has 118 valence electrons. The SMILES string of the molecule is CCCn1c(NC(=O)c2cc(Br)ccc2Cl)nc2ccccc21. The zero-order valence-electron chi connectivity index (χ0n) is 12.5. The molecular formula is C17H15BrClN3O. The Bertz CT molecular complexity index is 875. The lowest BCUT2D eigenvalue weighted by Gasteiger charge is -2.10. The summed E-state index contributed by atoms with van der Waals surface area (Å²) in [6.07, 6.45) is 0.945. The zero-order chi connectivity index (χ0) is 16.4. The van der Waals surface area contributed by atoms with Gasteiger partial charge in [0.2, 0.25) is 5.95 Å². The number of hydrogen-bond acceptors (Lipinski definition) is 2. The minimum Gasteiger partial charge on any atom is -0.310 e. The number of aryl methyl sites for hydroxylation is 1. The second kappa shape index (κ2) is 6.72. The third-order valence-corrected chi connectivity index (χ3v) is 4.32. The van der Waals surface area contributed by atoms with Crippen molar-refractivity contribution in [2.24, 2.45) is 0 Å². The Kier molecular flexibility index (Phi) is 4.68. The molecule has 1 amide bonds.